The molecule has 0 amide bonds. The molecule has 0 aliphatic rings. The average Bonchev–Trinajstić information content (AvgIpc) is 2.97. The van der Waals surface area contributed by atoms with Gasteiger partial charge in [0.15, 0.2) is 0 Å². The van der Waals surface area contributed by atoms with Crippen LogP contribution in [0, 0.1) is 0 Å². The number of rotatable bonds is 2. The summed E-state index contributed by atoms with van der Waals surface area (Å²) in [7, 11) is 4.09. The molecule has 0 saturated heterocycles. The molecule has 2 aromatic carbocycles. The van der Waals surface area contributed by atoms with Crippen molar-refractivity contribution in [3.8, 4) is 0 Å². The summed E-state index contributed by atoms with van der Waals surface area (Å²) >= 11 is 1.68. The Hall–Kier alpha value is -2.13. The van der Waals surface area contributed by atoms with Crippen molar-refractivity contribution in [3.63, 3.8) is 0 Å². The largest absolute Gasteiger partial charge is 0.378 e. The van der Waals surface area contributed by atoms with Crippen LogP contribution in [0.3, 0.4) is 0 Å². The van der Waals surface area contributed by atoms with E-state index in [1.807, 2.05) is 50.8 Å². The molecule has 0 fully saturated rings. The van der Waals surface area contributed by atoms with E-state index in [4.69, 9.17) is 0 Å². The third-order valence-electron chi connectivity index (χ3n) is 3.01. The van der Waals surface area contributed by atoms with Gasteiger partial charge in [-0.1, -0.05) is 36.4 Å². The van der Waals surface area contributed by atoms with Crippen LogP contribution in [0.4, 0.5) is 5.69 Å². The summed E-state index contributed by atoms with van der Waals surface area (Å²) in [6.07, 6.45) is 4.14. The number of fused-ring (bicyclic) bond motifs is 1. The minimum absolute atomic E-state index is 1.10. The predicted octanol–water partition coefficient (Wildman–Crippen LogP) is 5.08. The quantitative estimate of drug-likeness (QED) is 0.655. The molecular formula is C18H20N2S. The standard InChI is InChI=1S/C11H15N.C7H5NS/c1-4-5-10-6-8-11(9-7-10)12(2)3;1-2-4-7-6(3-1)8-5-9-7/h4-9H,1-3H3;1-5H. The van der Waals surface area contributed by atoms with Gasteiger partial charge in [0.25, 0.3) is 0 Å². The van der Waals surface area contributed by atoms with Crippen molar-refractivity contribution in [1.82, 2.24) is 4.98 Å². The van der Waals surface area contributed by atoms with Gasteiger partial charge >= 0.3 is 0 Å². The van der Waals surface area contributed by atoms with Gasteiger partial charge < -0.3 is 4.90 Å². The maximum absolute atomic E-state index is 4.14. The minimum atomic E-state index is 1.10. The second kappa shape index (κ2) is 7.60. The van der Waals surface area contributed by atoms with Gasteiger partial charge in [0.05, 0.1) is 15.7 Å². The number of thiazole rings is 1. The first-order valence-electron chi connectivity index (χ1n) is 6.89. The molecule has 0 saturated carbocycles. The fourth-order valence-electron chi connectivity index (χ4n) is 1.88. The molecule has 0 aliphatic heterocycles. The van der Waals surface area contributed by atoms with Crippen LogP contribution in [-0.2, 0) is 0 Å². The predicted molar refractivity (Wildman–Crippen MR) is 95.1 cm³/mol. The highest BCUT2D eigenvalue weighted by molar-refractivity contribution is 7.16. The first-order valence-corrected chi connectivity index (χ1v) is 7.77. The van der Waals surface area contributed by atoms with Gasteiger partial charge in [0.2, 0.25) is 0 Å². The lowest BCUT2D eigenvalue weighted by Crippen LogP contribution is -2.07. The molecule has 0 spiro atoms. The number of allylic oxidation sites excluding steroid dienone is 1. The highest BCUT2D eigenvalue weighted by Crippen LogP contribution is 2.15. The Morgan fingerprint density at radius 2 is 1.71 bits per heavy atom. The fraction of sp³-hybridized carbons (Fsp3) is 0.167. The van der Waals surface area contributed by atoms with Gasteiger partial charge in [-0.2, -0.15) is 0 Å². The number of anilines is 1. The molecule has 3 rings (SSSR count). The summed E-state index contributed by atoms with van der Waals surface area (Å²) in [5.41, 5.74) is 5.46. The number of hydrogen-bond acceptors (Lipinski definition) is 3. The highest BCUT2D eigenvalue weighted by atomic mass is 32.1. The summed E-state index contributed by atoms with van der Waals surface area (Å²) in [6, 6.07) is 16.6. The molecule has 2 nitrogen and oxygen atoms in total. The van der Waals surface area contributed by atoms with Crippen LogP contribution < -0.4 is 4.90 Å². The molecule has 0 atom stereocenters. The normalized spacial score (nSPS) is 10.4. The summed E-state index contributed by atoms with van der Waals surface area (Å²) in [4.78, 5) is 6.23. The fourth-order valence-corrected chi connectivity index (χ4v) is 2.56. The highest BCUT2D eigenvalue weighted by Gasteiger charge is 1.92. The Balaban J connectivity index is 0.000000159. The zero-order valence-electron chi connectivity index (χ0n) is 12.7. The Morgan fingerprint density at radius 1 is 1.00 bits per heavy atom. The molecule has 3 heteroatoms. The molecule has 0 N–H and O–H groups in total. The Kier molecular flexibility index (Phi) is 5.52. The number of nitrogens with zero attached hydrogens (tertiary/aromatic N) is 2. The first-order chi connectivity index (χ1) is 10.2. The zero-order valence-corrected chi connectivity index (χ0v) is 13.5. The number of para-hydroxylation sites is 1. The monoisotopic (exact) mass is 296 g/mol. The van der Waals surface area contributed by atoms with Gasteiger partial charge in [-0.15, -0.1) is 11.3 Å². The topological polar surface area (TPSA) is 16.1 Å². The maximum atomic E-state index is 4.14. The van der Waals surface area contributed by atoms with Crippen molar-refractivity contribution < 1.29 is 0 Å². The van der Waals surface area contributed by atoms with Crippen LogP contribution in [0.5, 0.6) is 0 Å². The van der Waals surface area contributed by atoms with Gasteiger partial charge in [-0.05, 0) is 36.8 Å². The van der Waals surface area contributed by atoms with Crippen LogP contribution in [-0.4, -0.2) is 19.1 Å². The minimum Gasteiger partial charge on any atom is -0.378 e. The van der Waals surface area contributed by atoms with Crippen molar-refractivity contribution >= 4 is 33.3 Å². The van der Waals surface area contributed by atoms with Gasteiger partial charge in [0, 0.05) is 19.8 Å². The Morgan fingerprint density at radius 3 is 2.33 bits per heavy atom. The lowest BCUT2D eigenvalue weighted by molar-refractivity contribution is 1.13. The second-order valence-corrected chi connectivity index (χ2v) is 5.69. The molecule has 0 radical (unpaired) electrons. The van der Waals surface area contributed by atoms with E-state index in [0.717, 1.165) is 5.52 Å². The number of aromatic nitrogens is 1. The third-order valence-corrected chi connectivity index (χ3v) is 3.82. The smallest absolute Gasteiger partial charge is 0.0812 e. The van der Waals surface area contributed by atoms with E-state index < -0.39 is 0 Å². The van der Waals surface area contributed by atoms with Crippen LogP contribution in [0.15, 0.2) is 60.1 Å². The van der Waals surface area contributed by atoms with Crippen molar-refractivity contribution in [2.24, 2.45) is 0 Å². The van der Waals surface area contributed by atoms with Gasteiger partial charge in [-0.25, -0.2) is 4.98 Å². The molecule has 1 aromatic heterocycles. The lowest BCUT2D eigenvalue weighted by atomic mass is 10.2. The Labute approximate surface area is 130 Å². The first kappa shape index (κ1) is 15.3. The van der Waals surface area contributed by atoms with E-state index in [-0.39, 0.29) is 0 Å². The SMILES string of the molecule is CC=Cc1ccc(N(C)C)cc1.c1ccc2scnc2c1. The summed E-state index contributed by atoms with van der Waals surface area (Å²) in [5.74, 6) is 0. The van der Waals surface area contributed by atoms with Crippen LogP contribution in [0.1, 0.15) is 12.5 Å². The molecule has 21 heavy (non-hydrogen) atoms. The average molecular weight is 296 g/mol. The molecular weight excluding hydrogens is 276 g/mol. The maximum Gasteiger partial charge on any atom is 0.0812 e. The van der Waals surface area contributed by atoms with E-state index in [0.29, 0.717) is 0 Å². The molecule has 3 aromatic rings. The molecule has 0 unspecified atom stereocenters. The van der Waals surface area contributed by atoms with Crippen molar-refractivity contribution in [1.29, 1.82) is 0 Å². The third kappa shape index (κ3) is 4.43. The van der Waals surface area contributed by atoms with E-state index in [1.54, 1.807) is 11.3 Å². The molecule has 0 bridgehead atoms. The van der Waals surface area contributed by atoms with E-state index >= 15 is 0 Å². The van der Waals surface area contributed by atoms with Crippen molar-refractivity contribution in [2.45, 2.75) is 6.92 Å². The summed E-state index contributed by atoms with van der Waals surface area (Å²) in [6.45, 7) is 2.03. The van der Waals surface area contributed by atoms with Crippen LogP contribution >= 0.6 is 11.3 Å². The van der Waals surface area contributed by atoms with Crippen molar-refractivity contribution in [2.75, 3.05) is 19.0 Å². The Bertz CT molecular complexity index is 666. The van der Waals surface area contributed by atoms with Crippen molar-refractivity contribution in [3.05, 3.63) is 65.7 Å². The molecule has 1 heterocycles. The van der Waals surface area contributed by atoms with Gasteiger partial charge in [0.1, 0.15) is 0 Å². The van der Waals surface area contributed by atoms with Crippen LogP contribution in [0.2, 0.25) is 0 Å². The summed E-state index contributed by atoms with van der Waals surface area (Å²) < 4.78 is 1.26. The number of benzene rings is 2. The second-order valence-electron chi connectivity index (χ2n) is 4.81. The van der Waals surface area contributed by atoms with E-state index in [9.17, 15) is 0 Å². The van der Waals surface area contributed by atoms with Crippen LogP contribution in [0.25, 0.3) is 16.3 Å². The zero-order chi connectivity index (χ0) is 15.1. The van der Waals surface area contributed by atoms with E-state index in [1.165, 1.54) is 16.0 Å². The summed E-state index contributed by atoms with van der Waals surface area (Å²) in [5, 5.41) is 0. The number of hydrogen-bond donors (Lipinski definition) is 0. The molecule has 108 valence electrons. The van der Waals surface area contributed by atoms with Gasteiger partial charge in [-0.3, -0.25) is 0 Å². The molecule has 0 aliphatic carbocycles. The van der Waals surface area contributed by atoms with E-state index in [2.05, 4.69) is 46.3 Å². The lowest BCUT2D eigenvalue weighted by Gasteiger charge is -2.11.